The van der Waals surface area contributed by atoms with Crippen molar-refractivity contribution in [2.75, 3.05) is 13.6 Å². The van der Waals surface area contributed by atoms with E-state index in [-0.39, 0.29) is 17.7 Å². The summed E-state index contributed by atoms with van der Waals surface area (Å²) in [6, 6.07) is 10.2. The van der Waals surface area contributed by atoms with Crippen molar-refractivity contribution in [1.29, 1.82) is 0 Å². The molecule has 1 aromatic rings. The van der Waals surface area contributed by atoms with Crippen LogP contribution in [-0.2, 0) is 16.0 Å². The van der Waals surface area contributed by atoms with E-state index in [9.17, 15) is 9.59 Å². The highest BCUT2D eigenvalue weighted by Crippen LogP contribution is 2.30. The van der Waals surface area contributed by atoms with Crippen molar-refractivity contribution in [1.82, 2.24) is 4.90 Å². The number of hydrogen-bond acceptors (Lipinski definition) is 2. The first-order valence-corrected chi connectivity index (χ1v) is 8.09. The number of nitrogens with zero attached hydrogens (tertiary/aromatic N) is 1. The van der Waals surface area contributed by atoms with Crippen LogP contribution in [0.1, 0.15) is 37.7 Å². The molecule has 1 amide bonds. The molecule has 0 aliphatic heterocycles. The first-order valence-electron chi connectivity index (χ1n) is 8.09. The van der Waals surface area contributed by atoms with E-state index in [2.05, 4.69) is 12.1 Å². The minimum atomic E-state index is -0.760. The van der Waals surface area contributed by atoms with Crippen molar-refractivity contribution >= 4 is 11.9 Å². The van der Waals surface area contributed by atoms with E-state index >= 15 is 0 Å². The zero-order valence-electron chi connectivity index (χ0n) is 13.2. The van der Waals surface area contributed by atoms with Crippen LogP contribution in [-0.4, -0.2) is 35.5 Å². The zero-order valence-corrected chi connectivity index (χ0v) is 13.2. The van der Waals surface area contributed by atoms with E-state index in [1.807, 2.05) is 25.2 Å². The Balaban J connectivity index is 1.78. The fourth-order valence-electron chi connectivity index (χ4n) is 3.23. The summed E-state index contributed by atoms with van der Waals surface area (Å²) < 4.78 is 0. The predicted molar refractivity (Wildman–Crippen MR) is 85.5 cm³/mol. The van der Waals surface area contributed by atoms with Crippen molar-refractivity contribution in [3.63, 3.8) is 0 Å². The number of rotatable bonds is 6. The van der Waals surface area contributed by atoms with Gasteiger partial charge in [0.2, 0.25) is 5.91 Å². The molecular formula is C18H25NO3. The number of carbonyl (C=O) groups is 2. The maximum absolute atomic E-state index is 12.4. The predicted octanol–water partition coefficient (Wildman–Crippen LogP) is 2.97. The lowest BCUT2D eigenvalue weighted by Gasteiger charge is -2.29. The average Bonchev–Trinajstić information content (AvgIpc) is 2.55. The normalized spacial score (nSPS) is 21.3. The highest BCUT2D eigenvalue weighted by molar-refractivity contribution is 5.80. The number of amides is 1. The largest absolute Gasteiger partial charge is 0.481 e. The van der Waals surface area contributed by atoms with Gasteiger partial charge in [-0.05, 0) is 37.7 Å². The second-order valence-electron chi connectivity index (χ2n) is 6.25. The molecule has 4 nitrogen and oxygen atoms in total. The number of carbonyl (C=O) groups excluding carboxylic acids is 1. The van der Waals surface area contributed by atoms with E-state index in [4.69, 9.17) is 5.11 Å². The molecule has 2 unspecified atom stereocenters. The van der Waals surface area contributed by atoms with Crippen molar-refractivity contribution < 1.29 is 14.7 Å². The van der Waals surface area contributed by atoms with Crippen molar-refractivity contribution in [3.05, 3.63) is 35.9 Å². The first kappa shape index (κ1) is 16.5. The molecule has 0 spiro atoms. The van der Waals surface area contributed by atoms with Crippen molar-refractivity contribution in [2.24, 2.45) is 11.8 Å². The summed E-state index contributed by atoms with van der Waals surface area (Å²) >= 11 is 0. The Morgan fingerprint density at radius 1 is 1.18 bits per heavy atom. The molecule has 1 saturated carbocycles. The van der Waals surface area contributed by atoms with Gasteiger partial charge in [-0.15, -0.1) is 0 Å². The summed E-state index contributed by atoms with van der Waals surface area (Å²) in [5.74, 6) is -1.11. The lowest BCUT2D eigenvalue weighted by molar-refractivity contribution is -0.145. The van der Waals surface area contributed by atoms with E-state index in [1.54, 1.807) is 4.90 Å². The van der Waals surface area contributed by atoms with E-state index in [0.717, 1.165) is 32.2 Å². The summed E-state index contributed by atoms with van der Waals surface area (Å²) in [5.41, 5.74) is 1.28. The summed E-state index contributed by atoms with van der Waals surface area (Å²) in [7, 11) is 1.83. The molecule has 22 heavy (non-hydrogen) atoms. The van der Waals surface area contributed by atoms with Gasteiger partial charge in [-0.25, -0.2) is 0 Å². The second kappa shape index (κ2) is 7.97. The molecule has 1 aliphatic carbocycles. The van der Waals surface area contributed by atoms with Crippen LogP contribution in [0.2, 0.25) is 0 Å². The first-order chi connectivity index (χ1) is 10.6. The third-order valence-corrected chi connectivity index (χ3v) is 4.55. The quantitative estimate of drug-likeness (QED) is 0.879. The van der Waals surface area contributed by atoms with Gasteiger partial charge in [-0.3, -0.25) is 9.59 Å². The summed E-state index contributed by atoms with van der Waals surface area (Å²) in [6.07, 6.45) is 4.76. The van der Waals surface area contributed by atoms with Crippen LogP contribution in [0.15, 0.2) is 30.3 Å². The van der Waals surface area contributed by atoms with Crippen LogP contribution < -0.4 is 0 Å². The van der Waals surface area contributed by atoms with Gasteiger partial charge in [0.15, 0.2) is 0 Å². The molecule has 1 fully saturated rings. The summed E-state index contributed by atoms with van der Waals surface area (Å²) in [6.45, 7) is 0.724. The van der Waals surface area contributed by atoms with Gasteiger partial charge in [0.1, 0.15) is 0 Å². The zero-order chi connectivity index (χ0) is 15.9. The Morgan fingerprint density at radius 2 is 1.86 bits per heavy atom. The van der Waals surface area contributed by atoms with Crippen molar-refractivity contribution in [2.45, 2.75) is 38.5 Å². The Hall–Kier alpha value is -1.84. The second-order valence-corrected chi connectivity index (χ2v) is 6.25. The molecule has 1 aliphatic rings. The SMILES string of the molecule is CN(CCCc1ccccc1)C(=O)C1CCCC(C(=O)O)C1. The van der Waals surface area contributed by atoms with Crippen LogP contribution in [0.25, 0.3) is 0 Å². The van der Waals surface area contributed by atoms with E-state index in [1.165, 1.54) is 5.56 Å². The topological polar surface area (TPSA) is 57.6 Å². The molecule has 0 radical (unpaired) electrons. The Morgan fingerprint density at radius 3 is 2.55 bits per heavy atom. The van der Waals surface area contributed by atoms with E-state index in [0.29, 0.717) is 12.8 Å². The Labute approximate surface area is 132 Å². The van der Waals surface area contributed by atoms with Crippen LogP contribution in [0, 0.1) is 11.8 Å². The van der Waals surface area contributed by atoms with Crippen molar-refractivity contribution in [3.8, 4) is 0 Å². The number of hydrogen-bond donors (Lipinski definition) is 1. The monoisotopic (exact) mass is 303 g/mol. The number of aliphatic carboxylic acids is 1. The Kier molecular flexibility index (Phi) is 5.99. The molecule has 1 N–H and O–H groups in total. The third kappa shape index (κ3) is 4.58. The molecule has 2 atom stereocenters. The van der Waals surface area contributed by atoms with Gasteiger partial charge in [-0.1, -0.05) is 36.8 Å². The lowest BCUT2D eigenvalue weighted by Crippen LogP contribution is -2.37. The van der Waals surface area contributed by atoms with Gasteiger partial charge in [0, 0.05) is 19.5 Å². The van der Waals surface area contributed by atoms with Gasteiger partial charge in [-0.2, -0.15) is 0 Å². The van der Waals surface area contributed by atoms with Gasteiger partial charge in [0.25, 0.3) is 0 Å². The fraction of sp³-hybridized carbons (Fsp3) is 0.556. The molecule has 120 valence electrons. The van der Waals surface area contributed by atoms with Crippen LogP contribution in [0.5, 0.6) is 0 Å². The molecule has 1 aromatic carbocycles. The summed E-state index contributed by atoms with van der Waals surface area (Å²) in [4.78, 5) is 25.3. The van der Waals surface area contributed by atoms with Gasteiger partial charge < -0.3 is 10.0 Å². The average molecular weight is 303 g/mol. The lowest BCUT2D eigenvalue weighted by atomic mass is 9.81. The maximum atomic E-state index is 12.4. The van der Waals surface area contributed by atoms with Crippen LogP contribution in [0.3, 0.4) is 0 Å². The molecule has 2 rings (SSSR count). The smallest absolute Gasteiger partial charge is 0.306 e. The molecule has 0 saturated heterocycles. The molecule has 4 heteroatoms. The molecule has 0 heterocycles. The standard InChI is InChI=1S/C18H25NO3/c1-19(12-6-9-14-7-3-2-4-8-14)17(20)15-10-5-11-16(13-15)18(21)22/h2-4,7-8,15-16H,5-6,9-13H2,1H3,(H,21,22). The highest BCUT2D eigenvalue weighted by atomic mass is 16.4. The maximum Gasteiger partial charge on any atom is 0.306 e. The number of benzene rings is 1. The highest BCUT2D eigenvalue weighted by Gasteiger charge is 2.32. The van der Waals surface area contributed by atoms with Gasteiger partial charge in [0.05, 0.1) is 5.92 Å². The minimum absolute atomic E-state index is 0.110. The molecular weight excluding hydrogens is 278 g/mol. The molecule has 0 aromatic heterocycles. The molecule has 0 bridgehead atoms. The number of aryl methyl sites for hydroxylation is 1. The van der Waals surface area contributed by atoms with Crippen LogP contribution in [0.4, 0.5) is 0 Å². The van der Waals surface area contributed by atoms with E-state index < -0.39 is 5.97 Å². The fourth-order valence-corrected chi connectivity index (χ4v) is 3.23. The number of carboxylic acids is 1. The van der Waals surface area contributed by atoms with Crippen LogP contribution >= 0.6 is 0 Å². The van der Waals surface area contributed by atoms with Gasteiger partial charge >= 0.3 is 5.97 Å². The Bertz CT molecular complexity index is 500. The summed E-state index contributed by atoms with van der Waals surface area (Å²) in [5, 5.41) is 9.12. The number of carboxylic acid groups (broad SMARTS) is 1. The minimum Gasteiger partial charge on any atom is -0.481 e. The third-order valence-electron chi connectivity index (χ3n) is 4.55.